The van der Waals surface area contributed by atoms with Gasteiger partial charge in [0.15, 0.2) is 0 Å². The lowest BCUT2D eigenvalue weighted by Crippen LogP contribution is -1.99. The molecular weight excluding hydrogens is 308 g/mol. The highest BCUT2D eigenvalue weighted by Gasteiger charge is 2.05. The SMILES string of the molecule is COc1cccc(OCc2cc(Br)ccc2OC)c1. The largest absolute Gasteiger partial charge is 0.497 e. The maximum atomic E-state index is 5.75. The van der Waals surface area contributed by atoms with Crippen LogP contribution in [0.1, 0.15) is 5.56 Å². The van der Waals surface area contributed by atoms with Crippen LogP contribution in [0.3, 0.4) is 0 Å². The highest BCUT2D eigenvalue weighted by Crippen LogP contribution is 2.25. The lowest BCUT2D eigenvalue weighted by Gasteiger charge is -2.11. The third-order valence-electron chi connectivity index (χ3n) is 2.68. The summed E-state index contributed by atoms with van der Waals surface area (Å²) < 4.78 is 17.2. The van der Waals surface area contributed by atoms with Crippen molar-refractivity contribution in [3.05, 3.63) is 52.5 Å². The summed E-state index contributed by atoms with van der Waals surface area (Å²) in [6.45, 7) is 0.440. The zero-order valence-electron chi connectivity index (χ0n) is 10.9. The number of hydrogen-bond acceptors (Lipinski definition) is 3. The summed E-state index contributed by atoms with van der Waals surface area (Å²) in [5.41, 5.74) is 0.986. The van der Waals surface area contributed by atoms with Crippen LogP contribution in [-0.4, -0.2) is 14.2 Å². The second-order valence-electron chi connectivity index (χ2n) is 3.92. The monoisotopic (exact) mass is 322 g/mol. The van der Waals surface area contributed by atoms with Crippen LogP contribution in [0.15, 0.2) is 46.9 Å². The van der Waals surface area contributed by atoms with Crippen molar-refractivity contribution in [2.24, 2.45) is 0 Å². The van der Waals surface area contributed by atoms with Gasteiger partial charge >= 0.3 is 0 Å². The van der Waals surface area contributed by atoms with Crippen LogP contribution >= 0.6 is 15.9 Å². The number of methoxy groups -OCH3 is 2. The summed E-state index contributed by atoms with van der Waals surface area (Å²) >= 11 is 3.44. The number of benzene rings is 2. The molecule has 0 spiro atoms. The van der Waals surface area contributed by atoms with Gasteiger partial charge in [0.05, 0.1) is 14.2 Å². The number of rotatable bonds is 5. The molecule has 2 rings (SSSR count). The molecule has 0 radical (unpaired) electrons. The highest BCUT2D eigenvalue weighted by atomic mass is 79.9. The van der Waals surface area contributed by atoms with E-state index in [9.17, 15) is 0 Å². The molecule has 19 heavy (non-hydrogen) atoms. The van der Waals surface area contributed by atoms with Gasteiger partial charge in [0, 0.05) is 16.1 Å². The molecule has 0 aliphatic heterocycles. The number of ether oxygens (including phenoxy) is 3. The van der Waals surface area contributed by atoms with E-state index in [-0.39, 0.29) is 0 Å². The van der Waals surface area contributed by atoms with Crippen LogP contribution in [0.5, 0.6) is 17.2 Å². The molecule has 2 aromatic carbocycles. The molecule has 0 aromatic heterocycles. The third kappa shape index (κ3) is 3.64. The fourth-order valence-electron chi connectivity index (χ4n) is 1.71. The third-order valence-corrected chi connectivity index (χ3v) is 3.17. The molecule has 0 saturated carbocycles. The van der Waals surface area contributed by atoms with E-state index < -0.39 is 0 Å². The van der Waals surface area contributed by atoms with Crippen LogP contribution in [0.25, 0.3) is 0 Å². The van der Waals surface area contributed by atoms with Crippen LogP contribution in [0.2, 0.25) is 0 Å². The van der Waals surface area contributed by atoms with Crippen molar-refractivity contribution in [3.63, 3.8) is 0 Å². The molecule has 4 heteroatoms. The predicted octanol–water partition coefficient (Wildman–Crippen LogP) is 4.05. The quantitative estimate of drug-likeness (QED) is 0.831. The first-order valence-corrected chi connectivity index (χ1v) is 6.61. The number of hydrogen-bond donors (Lipinski definition) is 0. The molecule has 0 fully saturated rings. The highest BCUT2D eigenvalue weighted by molar-refractivity contribution is 9.10. The topological polar surface area (TPSA) is 27.7 Å². The first-order valence-electron chi connectivity index (χ1n) is 5.82. The smallest absolute Gasteiger partial charge is 0.125 e. The summed E-state index contributed by atoms with van der Waals surface area (Å²) in [4.78, 5) is 0. The van der Waals surface area contributed by atoms with Gasteiger partial charge in [0.2, 0.25) is 0 Å². The molecule has 2 aromatic rings. The van der Waals surface area contributed by atoms with E-state index in [1.54, 1.807) is 14.2 Å². The molecule has 0 unspecified atom stereocenters. The number of halogens is 1. The van der Waals surface area contributed by atoms with Gasteiger partial charge in [-0.15, -0.1) is 0 Å². The summed E-state index contributed by atoms with van der Waals surface area (Å²) in [7, 11) is 3.29. The Morgan fingerprint density at radius 1 is 0.947 bits per heavy atom. The van der Waals surface area contributed by atoms with Crippen molar-refractivity contribution in [2.45, 2.75) is 6.61 Å². The minimum atomic E-state index is 0.440. The standard InChI is InChI=1S/C15H15BrO3/c1-17-13-4-3-5-14(9-13)19-10-11-8-12(16)6-7-15(11)18-2/h3-9H,10H2,1-2H3. The van der Waals surface area contributed by atoms with E-state index in [1.165, 1.54) is 0 Å². The fourth-order valence-corrected chi connectivity index (χ4v) is 2.12. The molecule has 0 bridgehead atoms. The van der Waals surface area contributed by atoms with E-state index in [2.05, 4.69) is 15.9 Å². The molecule has 0 saturated heterocycles. The Labute approximate surface area is 121 Å². The van der Waals surface area contributed by atoms with Gasteiger partial charge in [-0.2, -0.15) is 0 Å². The minimum absolute atomic E-state index is 0.440. The fraction of sp³-hybridized carbons (Fsp3) is 0.200. The molecule has 100 valence electrons. The molecule has 0 heterocycles. The maximum absolute atomic E-state index is 5.75. The van der Waals surface area contributed by atoms with Crippen molar-refractivity contribution in [1.29, 1.82) is 0 Å². The Hall–Kier alpha value is -1.68. The Morgan fingerprint density at radius 2 is 1.74 bits per heavy atom. The Bertz CT molecular complexity index is 555. The van der Waals surface area contributed by atoms with Gasteiger partial charge < -0.3 is 14.2 Å². The average Bonchev–Trinajstić information content (AvgIpc) is 2.45. The van der Waals surface area contributed by atoms with Crippen molar-refractivity contribution in [3.8, 4) is 17.2 Å². The molecule has 0 atom stereocenters. The second kappa shape index (κ2) is 6.48. The summed E-state index contributed by atoms with van der Waals surface area (Å²) in [5, 5.41) is 0. The van der Waals surface area contributed by atoms with Gasteiger partial charge in [-0.25, -0.2) is 0 Å². The minimum Gasteiger partial charge on any atom is -0.497 e. The van der Waals surface area contributed by atoms with Crippen LogP contribution in [-0.2, 0) is 6.61 Å². The van der Waals surface area contributed by atoms with Crippen LogP contribution in [0, 0.1) is 0 Å². The summed E-state index contributed by atoms with van der Waals surface area (Å²) in [5.74, 6) is 2.35. The zero-order chi connectivity index (χ0) is 13.7. The lowest BCUT2D eigenvalue weighted by molar-refractivity contribution is 0.294. The Balaban J connectivity index is 2.11. The summed E-state index contributed by atoms with van der Waals surface area (Å²) in [6.07, 6.45) is 0. The van der Waals surface area contributed by atoms with E-state index in [0.717, 1.165) is 27.3 Å². The molecule has 0 N–H and O–H groups in total. The Morgan fingerprint density at radius 3 is 2.47 bits per heavy atom. The van der Waals surface area contributed by atoms with Gasteiger partial charge in [-0.1, -0.05) is 22.0 Å². The summed E-state index contributed by atoms with van der Waals surface area (Å²) in [6, 6.07) is 13.4. The van der Waals surface area contributed by atoms with Crippen molar-refractivity contribution in [2.75, 3.05) is 14.2 Å². The average molecular weight is 323 g/mol. The molecule has 3 nitrogen and oxygen atoms in total. The van der Waals surface area contributed by atoms with E-state index in [1.807, 2.05) is 42.5 Å². The van der Waals surface area contributed by atoms with E-state index in [0.29, 0.717) is 6.61 Å². The van der Waals surface area contributed by atoms with Crippen LogP contribution < -0.4 is 14.2 Å². The van der Waals surface area contributed by atoms with Crippen molar-refractivity contribution >= 4 is 15.9 Å². The first kappa shape index (κ1) is 13.7. The van der Waals surface area contributed by atoms with Gasteiger partial charge in [0.1, 0.15) is 23.9 Å². The van der Waals surface area contributed by atoms with Crippen LogP contribution in [0.4, 0.5) is 0 Å². The molecule has 0 aliphatic rings. The van der Waals surface area contributed by atoms with E-state index >= 15 is 0 Å². The second-order valence-corrected chi connectivity index (χ2v) is 4.84. The van der Waals surface area contributed by atoms with Gasteiger partial charge in [0.25, 0.3) is 0 Å². The normalized spacial score (nSPS) is 10.1. The van der Waals surface area contributed by atoms with Gasteiger partial charge in [-0.05, 0) is 30.3 Å². The zero-order valence-corrected chi connectivity index (χ0v) is 12.4. The predicted molar refractivity (Wildman–Crippen MR) is 78.0 cm³/mol. The molecule has 0 aliphatic carbocycles. The molecule has 0 amide bonds. The lowest BCUT2D eigenvalue weighted by atomic mass is 10.2. The maximum Gasteiger partial charge on any atom is 0.125 e. The van der Waals surface area contributed by atoms with Crippen molar-refractivity contribution < 1.29 is 14.2 Å². The van der Waals surface area contributed by atoms with E-state index in [4.69, 9.17) is 14.2 Å². The molecular formula is C15H15BrO3. The first-order chi connectivity index (χ1) is 9.22. The van der Waals surface area contributed by atoms with Crippen molar-refractivity contribution in [1.82, 2.24) is 0 Å². The Kier molecular flexibility index (Phi) is 4.68. The van der Waals surface area contributed by atoms with Gasteiger partial charge in [-0.3, -0.25) is 0 Å².